The van der Waals surface area contributed by atoms with E-state index in [2.05, 4.69) is 164 Å². The molecule has 3 aromatic heterocycles. The van der Waals surface area contributed by atoms with Crippen molar-refractivity contribution >= 4 is 195 Å². The lowest BCUT2D eigenvalue weighted by Crippen LogP contribution is -1.93. The Morgan fingerprint density at radius 1 is 0.141 bits per heavy atom. The quantitative estimate of drug-likeness (QED) is 0.142. The lowest BCUT2D eigenvalue weighted by Gasteiger charge is -2.20. The predicted octanol–water partition coefficient (Wildman–Crippen LogP) is 37.9. The highest BCUT2D eigenvalue weighted by atomic mass is 16.3. The summed E-state index contributed by atoms with van der Waals surface area (Å²) in [7, 11) is 0. The molecule has 0 saturated carbocycles. The number of benzene rings is 26. The van der Waals surface area contributed by atoms with Crippen LogP contribution < -0.4 is 0 Å². The van der Waals surface area contributed by atoms with Gasteiger partial charge in [0, 0.05) is 32.3 Å². The third kappa shape index (κ3) is 12.7. The number of rotatable bonds is 8. The van der Waals surface area contributed by atoms with Crippen molar-refractivity contribution in [2.24, 2.45) is 0 Å². The molecular formula is C132H80O3. The standard InChI is InChI=1S/2C46H28O.C40H24O/c1-2-13-33-28-43-41(27-32(33)12-1)46-35(20-10-22-42(46)47-43)30-23-25-31(26-24-30)44-37-16-5-7-18-39(37)45(40-19-8-6-17-38(40)44)36-21-9-14-29-11-3-4-15-34(29)36;1-2-15-31-28-43-41(27-30(31)14-1)46-36(25-12-26-42(46)47-43)33-18-5-6-19-35(33)45-39-22-9-7-20-37(39)44(38-21-8-10-23-40(38)45)34-24-11-16-29-13-3-4-17-32(29)34;1-2-11-26-22-29(21-20-25(26)10-1)38-30-14-5-7-16-32(30)39(33-17-8-6-15-31(33)38)34-18-9-19-36-40(34)35-23-27-12-3-4-13-28(27)24-37(35)41-36/h2*1-28H;1-24H/i1D,2D,10D,12D,13D,20D,22D,27D,28D;1D,2D,12D,14D,15D,25D,26D,27D,28D;3D,4D,9D,12D,13D,18D,19D,23D,24D. The van der Waals surface area contributed by atoms with Gasteiger partial charge < -0.3 is 13.3 Å². The van der Waals surface area contributed by atoms with Crippen LogP contribution in [0.1, 0.15) is 37.0 Å². The van der Waals surface area contributed by atoms with Crippen molar-refractivity contribution in [2.45, 2.75) is 0 Å². The topological polar surface area (TPSA) is 39.4 Å². The van der Waals surface area contributed by atoms with Gasteiger partial charge in [-0.2, -0.15) is 0 Å². The Morgan fingerprint density at radius 3 is 0.830 bits per heavy atom. The predicted molar refractivity (Wildman–Crippen MR) is 575 cm³/mol. The van der Waals surface area contributed by atoms with Gasteiger partial charge in [0.2, 0.25) is 0 Å². The second-order valence-electron chi connectivity index (χ2n) is 33.5. The average Bonchev–Trinajstić information content (AvgIpc) is 1.52. The summed E-state index contributed by atoms with van der Waals surface area (Å²) < 4.78 is 256. The summed E-state index contributed by atoms with van der Waals surface area (Å²) in [6.45, 7) is 0. The third-order valence-electron chi connectivity index (χ3n) is 26.2. The maximum atomic E-state index is 9.42. The number of hydrogen-bond acceptors (Lipinski definition) is 3. The Morgan fingerprint density at radius 2 is 0.415 bits per heavy atom. The van der Waals surface area contributed by atoms with E-state index in [0.29, 0.717) is 16.7 Å². The van der Waals surface area contributed by atoms with Gasteiger partial charge in [-0.3, -0.25) is 0 Å². The van der Waals surface area contributed by atoms with Crippen molar-refractivity contribution in [3.63, 3.8) is 0 Å². The van der Waals surface area contributed by atoms with Gasteiger partial charge in [-0.25, -0.2) is 0 Å². The van der Waals surface area contributed by atoms with Crippen molar-refractivity contribution in [3.05, 3.63) is 485 Å². The molecule has 0 radical (unpaired) electrons. The highest BCUT2D eigenvalue weighted by Crippen LogP contribution is 2.54. The lowest BCUT2D eigenvalue weighted by molar-refractivity contribution is 0.669. The first-order chi connectivity index (χ1) is 78.3. The summed E-state index contributed by atoms with van der Waals surface area (Å²) in [6.07, 6.45) is 0. The van der Waals surface area contributed by atoms with E-state index in [1.165, 1.54) is 5.39 Å². The van der Waals surface area contributed by atoms with E-state index < -0.39 is 78.6 Å². The molecule has 0 aliphatic carbocycles. The monoisotopic (exact) mass is 1740 g/mol. The van der Waals surface area contributed by atoms with E-state index in [1.54, 1.807) is 0 Å². The fraction of sp³-hybridized carbons (Fsp3) is 0. The zero-order chi connectivity index (χ0) is 112. The molecule has 0 aliphatic rings. The molecule has 0 saturated heterocycles. The van der Waals surface area contributed by atoms with Gasteiger partial charge in [0.15, 0.2) is 0 Å². The molecule has 0 spiro atoms. The van der Waals surface area contributed by atoms with Crippen LogP contribution in [0.2, 0.25) is 0 Å². The van der Waals surface area contributed by atoms with Crippen molar-refractivity contribution in [2.75, 3.05) is 0 Å². The molecule has 0 N–H and O–H groups in total. The van der Waals surface area contributed by atoms with Crippen molar-refractivity contribution in [1.82, 2.24) is 0 Å². The second-order valence-corrected chi connectivity index (χ2v) is 33.5. The SMILES string of the molecule is [2H]c1c([2H])c(-c2c3ccccc3c(-c3ccc4ccccc4c3)c3ccccc23)c2c(oc3c([2H])c4c([2H])c([2H])c([2H])c([2H])c4c([2H])c32)c1[2H].[2H]c1c([2H])c(-c2ccc(-c3c4ccccc4c(-c4cccc5ccccc45)c4ccccc34)cc2)c2c(oc3c([2H])c4c([2H])c([2H])c([2H])c([2H])c4c([2H])c32)c1[2H].[2H]c1c([2H])c(-c2ccccc2-c2c3ccccc3c(-c3cccc4ccccc34)c3ccccc23)c2c(oc3c([2H])c4c([2H])c([2H])c([2H])c([2H])c4c([2H])c32)c1[2H]. The van der Waals surface area contributed by atoms with Gasteiger partial charge in [-0.15, -0.1) is 0 Å². The van der Waals surface area contributed by atoms with Gasteiger partial charge in [0.05, 0.1) is 37.0 Å². The Balaban J connectivity index is 0.000000117. The third-order valence-corrected chi connectivity index (χ3v) is 26.2. The first kappa shape index (κ1) is 54.7. The Hall–Kier alpha value is -17.8. The molecule has 3 heteroatoms. The molecule has 0 bridgehead atoms. The van der Waals surface area contributed by atoms with E-state index in [9.17, 15) is 6.85 Å². The Labute approximate surface area is 815 Å². The van der Waals surface area contributed by atoms with Crippen LogP contribution in [-0.2, 0) is 0 Å². The van der Waals surface area contributed by atoms with Gasteiger partial charge in [0.1, 0.15) is 33.5 Å². The van der Waals surface area contributed by atoms with Crippen LogP contribution >= 0.6 is 0 Å². The molecular weight excluding hydrogens is 1630 g/mol. The zero-order valence-corrected chi connectivity index (χ0v) is 71.3. The van der Waals surface area contributed by atoms with Crippen LogP contribution in [-0.4, -0.2) is 0 Å². The highest BCUT2D eigenvalue weighted by molar-refractivity contribution is 6.30. The summed E-state index contributed by atoms with van der Waals surface area (Å²) in [4.78, 5) is 0. The van der Waals surface area contributed by atoms with Crippen LogP contribution in [0.25, 0.3) is 284 Å². The van der Waals surface area contributed by atoms with Crippen LogP contribution in [0, 0.1) is 0 Å². The maximum Gasteiger partial charge on any atom is 0.136 e. The van der Waals surface area contributed by atoms with E-state index in [0.717, 1.165) is 147 Å². The van der Waals surface area contributed by atoms with Crippen molar-refractivity contribution < 1.29 is 50.3 Å². The minimum atomic E-state index is -0.533. The smallest absolute Gasteiger partial charge is 0.136 e. The van der Waals surface area contributed by atoms with Gasteiger partial charge >= 0.3 is 0 Å². The molecule has 0 unspecified atom stereocenters. The summed E-state index contributed by atoms with van der Waals surface area (Å²) in [6, 6.07) is 97.1. The summed E-state index contributed by atoms with van der Waals surface area (Å²) in [5, 5.41) is 18.2. The maximum absolute atomic E-state index is 9.42. The van der Waals surface area contributed by atoms with Crippen molar-refractivity contribution in [3.8, 4) is 89.0 Å². The average molecular weight is 1740 g/mol. The fourth-order valence-electron chi connectivity index (χ4n) is 20.5. The largest absolute Gasteiger partial charge is 0.456 e. The highest BCUT2D eigenvalue weighted by Gasteiger charge is 2.27. The first-order valence-electron chi connectivity index (χ1n) is 57.8. The normalized spacial score (nSPS) is 14.7. The van der Waals surface area contributed by atoms with Gasteiger partial charge in [-0.05, 0) is 279 Å². The first-order valence-corrected chi connectivity index (χ1v) is 44.3. The molecule has 0 atom stereocenters. The Bertz CT molecular complexity index is 11600. The summed E-state index contributed by atoms with van der Waals surface area (Å²) >= 11 is 0. The number of furan rings is 3. The van der Waals surface area contributed by atoms with Crippen molar-refractivity contribution in [1.29, 1.82) is 0 Å². The molecule has 0 fully saturated rings. The fourth-order valence-corrected chi connectivity index (χ4v) is 20.5. The molecule has 29 aromatic rings. The minimum absolute atomic E-state index is 0.0513. The van der Waals surface area contributed by atoms with E-state index in [1.807, 2.05) is 158 Å². The molecule has 26 aromatic carbocycles. The molecule has 0 aliphatic heterocycles. The molecule has 0 amide bonds. The van der Waals surface area contributed by atoms with E-state index in [-0.39, 0.29) is 199 Å². The summed E-state index contributed by atoms with van der Waals surface area (Å²) in [5.74, 6) is 0. The number of hydrogen-bond donors (Lipinski definition) is 0. The van der Waals surface area contributed by atoms with Crippen LogP contribution in [0.4, 0.5) is 0 Å². The molecule has 135 heavy (non-hydrogen) atoms. The number of fused-ring (bicyclic) bond motifs is 21. The van der Waals surface area contributed by atoms with Gasteiger partial charge in [-0.1, -0.05) is 424 Å². The zero-order valence-electron chi connectivity index (χ0n) is 98.3. The molecule has 29 rings (SSSR count). The molecule has 626 valence electrons. The Kier molecular flexibility index (Phi) is 12.8. The van der Waals surface area contributed by atoms with Crippen LogP contribution in [0.3, 0.4) is 0 Å². The molecule has 3 heterocycles. The van der Waals surface area contributed by atoms with Crippen LogP contribution in [0.5, 0.6) is 0 Å². The lowest BCUT2D eigenvalue weighted by atomic mass is 9.82. The van der Waals surface area contributed by atoms with Crippen LogP contribution in [0.15, 0.2) is 498 Å². The second kappa shape index (κ2) is 31.5. The summed E-state index contributed by atoms with van der Waals surface area (Å²) in [5.41, 5.74) is 11.8. The van der Waals surface area contributed by atoms with Gasteiger partial charge in [0.25, 0.3) is 0 Å². The van der Waals surface area contributed by atoms with E-state index >= 15 is 0 Å². The minimum Gasteiger partial charge on any atom is -0.456 e. The van der Waals surface area contributed by atoms with E-state index in [4.69, 9.17) is 43.4 Å². The molecule has 3 nitrogen and oxygen atoms in total.